The first-order valence-corrected chi connectivity index (χ1v) is 5.49. The van der Waals surface area contributed by atoms with E-state index in [-0.39, 0.29) is 23.9 Å². The summed E-state index contributed by atoms with van der Waals surface area (Å²) >= 11 is 0. The summed E-state index contributed by atoms with van der Waals surface area (Å²) in [4.78, 5) is 13.3. The molecule has 4 heteroatoms. The van der Waals surface area contributed by atoms with Crippen LogP contribution in [0, 0.1) is 0 Å². The van der Waals surface area contributed by atoms with Crippen molar-refractivity contribution in [2.24, 2.45) is 0 Å². The highest BCUT2D eigenvalue weighted by molar-refractivity contribution is 5.93. The molecule has 1 aromatic carbocycles. The van der Waals surface area contributed by atoms with Gasteiger partial charge in [0.05, 0.1) is 5.60 Å². The molecular formula is C13H19NO3. The summed E-state index contributed by atoms with van der Waals surface area (Å²) in [6, 6.07) is 6.55. The average Bonchev–Trinajstić information content (AvgIpc) is 2.24. The molecule has 17 heavy (non-hydrogen) atoms. The lowest BCUT2D eigenvalue weighted by atomic mass is 10.2. The lowest BCUT2D eigenvalue weighted by molar-refractivity contribution is -0.127. The molecule has 0 bridgehead atoms. The van der Waals surface area contributed by atoms with E-state index >= 15 is 0 Å². The Morgan fingerprint density at radius 1 is 1.41 bits per heavy atom. The van der Waals surface area contributed by atoms with Crippen LogP contribution in [0.25, 0.3) is 0 Å². The molecule has 4 nitrogen and oxygen atoms in total. The summed E-state index contributed by atoms with van der Waals surface area (Å²) in [7, 11) is 1.66. The highest BCUT2D eigenvalue weighted by Gasteiger charge is 2.16. The monoisotopic (exact) mass is 237 g/mol. The van der Waals surface area contributed by atoms with Gasteiger partial charge in [0.1, 0.15) is 12.4 Å². The molecular weight excluding hydrogens is 218 g/mol. The zero-order valence-corrected chi connectivity index (χ0v) is 10.7. The van der Waals surface area contributed by atoms with Gasteiger partial charge in [-0.1, -0.05) is 6.07 Å². The number of hydrogen-bond donors (Lipinski definition) is 1. The highest BCUT2D eigenvalue weighted by atomic mass is 16.5. The van der Waals surface area contributed by atoms with E-state index < -0.39 is 0 Å². The second kappa shape index (κ2) is 5.19. The van der Waals surface area contributed by atoms with E-state index in [2.05, 4.69) is 0 Å². The molecule has 0 saturated carbocycles. The van der Waals surface area contributed by atoms with Crippen LogP contribution in [0.4, 0.5) is 5.69 Å². The van der Waals surface area contributed by atoms with Gasteiger partial charge in [0.25, 0.3) is 5.91 Å². The summed E-state index contributed by atoms with van der Waals surface area (Å²) in [5, 5.41) is 9.33. The minimum atomic E-state index is -0.338. The van der Waals surface area contributed by atoms with Crippen LogP contribution in [0.5, 0.6) is 5.75 Å². The second-order valence-corrected chi connectivity index (χ2v) is 4.87. The fourth-order valence-corrected chi connectivity index (χ4v) is 1.22. The van der Waals surface area contributed by atoms with E-state index in [1.54, 1.807) is 25.2 Å². The van der Waals surface area contributed by atoms with Crippen LogP contribution in [0.2, 0.25) is 0 Å². The zero-order valence-electron chi connectivity index (χ0n) is 10.7. The van der Waals surface area contributed by atoms with E-state index in [0.29, 0.717) is 5.69 Å². The summed E-state index contributed by atoms with van der Waals surface area (Å²) in [6.45, 7) is 5.72. The predicted molar refractivity (Wildman–Crippen MR) is 67.2 cm³/mol. The fraction of sp³-hybridized carbons (Fsp3) is 0.462. The van der Waals surface area contributed by atoms with Crippen LogP contribution in [0.15, 0.2) is 24.3 Å². The molecule has 0 aliphatic carbocycles. The van der Waals surface area contributed by atoms with Crippen LogP contribution in [0.1, 0.15) is 20.8 Å². The number of benzene rings is 1. The van der Waals surface area contributed by atoms with Crippen molar-refractivity contribution in [3.05, 3.63) is 24.3 Å². The van der Waals surface area contributed by atoms with E-state index in [4.69, 9.17) is 4.74 Å². The minimum Gasteiger partial charge on any atom is -0.508 e. The van der Waals surface area contributed by atoms with E-state index in [9.17, 15) is 9.90 Å². The summed E-state index contributed by atoms with van der Waals surface area (Å²) in [5.41, 5.74) is 0.308. The number of hydrogen-bond acceptors (Lipinski definition) is 3. The van der Waals surface area contributed by atoms with Crippen molar-refractivity contribution in [2.75, 3.05) is 18.6 Å². The first kappa shape index (κ1) is 13.5. The second-order valence-electron chi connectivity index (χ2n) is 4.87. The Hall–Kier alpha value is -1.55. The Kier molecular flexibility index (Phi) is 4.12. The summed E-state index contributed by atoms with van der Waals surface area (Å²) in [5.74, 6) is -0.00980. The maximum absolute atomic E-state index is 11.8. The van der Waals surface area contributed by atoms with Crippen molar-refractivity contribution < 1.29 is 14.6 Å². The molecule has 0 atom stereocenters. The maximum Gasteiger partial charge on any atom is 0.252 e. The number of carbonyl (C=O) groups excluding carboxylic acids is 1. The van der Waals surface area contributed by atoms with Gasteiger partial charge < -0.3 is 14.7 Å². The van der Waals surface area contributed by atoms with Crippen molar-refractivity contribution in [1.82, 2.24) is 0 Å². The molecule has 0 heterocycles. The third-order valence-electron chi connectivity index (χ3n) is 2.22. The quantitative estimate of drug-likeness (QED) is 0.876. The lowest BCUT2D eigenvalue weighted by Gasteiger charge is -2.22. The van der Waals surface area contributed by atoms with Crippen LogP contribution >= 0.6 is 0 Å². The topological polar surface area (TPSA) is 49.8 Å². The number of ether oxygens (including phenoxy) is 1. The molecule has 0 fully saturated rings. The van der Waals surface area contributed by atoms with Crippen molar-refractivity contribution in [2.45, 2.75) is 26.4 Å². The SMILES string of the molecule is CN(C(=O)COC(C)(C)C)c1cccc(O)c1. The van der Waals surface area contributed by atoms with Gasteiger partial charge >= 0.3 is 0 Å². The Balaban J connectivity index is 2.64. The van der Waals surface area contributed by atoms with Crippen molar-refractivity contribution >= 4 is 11.6 Å². The normalized spacial score (nSPS) is 11.3. The Bertz CT molecular complexity index is 396. The van der Waals surface area contributed by atoms with Crippen molar-refractivity contribution in [3.63, 3.8) is 0 Å². The Morgan fingerprint density at radius 2 is 2.06 bits per heavy atom. The van der Waals surface area contributed by atoms with Gasteiger partial charge in [-0.2, -0.15) is 0 Å². The average molecular weight is 237 g/mol. The van der Waals surface area contributed by atoms with E-state index in [1.165, 1.54) is 11.0 Å². The van der Waals surface area contributed by atoms with Crippen molar-refractivity contribution in [1.29, 1.82) is 0 Å². The number of rotatable bonds is 3. The Labute approximate surface area is 102 Å². The molecule has 1 rings (SSSR count). The molecule has 0 radical (unpaired) electrons. The number of carbonyl (C=O) groups is 1. The first-order valence-electron chi connectivity index (χ1n) is 5.49. The summed E-state index contributed by atoms with van der Waals surface area (Å²) in [6.07, 6.45) is 0. The number of phenols is 1. The van der Waals surface area contributed by atoms with E-state index in [0.717, 1.165) is 0 Å². The molecule has 1 N–H and O–H groups in total. The molecule has 0 aromatic heterocycles. The van der Waals surface area contributed by atoms with E-state index in [1.807, 2.05) is 20.8 Å². The molecule has 0 aliphatic rings. The highest BCUT2D eigenvalue weighted by Crippen LogP contribution is 2.19. The molecule has 0 saturated heterocycles. The number of aromatic hydroxyl groups is 1. The number of phenolic OH excluding ortho intramolecular Hbond substituents is 1. The van der Waals surface area contributed by atoms with Crippen LogP contribution in [-0.4, -0.2) is 30.3 Å². The number of anilines is 1. The molecule has 0 spiro atoms. The van der Waals surface area contributed by atoms with Gasteiger partial charge in [-0.25, -0.2) is 0 Å². The van der Waals surface area contributed by atoms with Crippen LogP contribution in [-0.2, 0) is 9.53 Å². The van der Waals surface area contributed by atoms with Gasteiger partial charge in [0, 0.05) is 18.8 Å². The first-order chi connectivity index (χ1) is 7.79. The minimum absolute atomic E-state index is 0.0235. The van der Waals surface area contributed by atoms with Gasteiger partial charge in [-0.15, -0.1) is 0 Å². The zero-order chi connectivity index (χ0) is 13.1. The third kappa shape index (κ3) is 4.44. The smallest absolute Gasteiger partial charge is 0.252 e. The molecule has 94 valence electrons. The van der Waals surface area contributed by atoms with Crippen LogP contribution in [0.3, 0.4) is 0 Å². The van der Waals surface area contributed by atoms with Crippen molar-refractivity contribution in [3.8, 4) is 5.75 Å². The van der Waals surface area contributed by atoms with Gasteiger partial charge in [-0.3, -0.25) is 4.79 Å². The lowest BCUT2D eigenvalue weighted by Crippen LogP contribution is -2.33. The molecule has 1 aromatic rings. The number of likely N-dealkylation sites (N-methyl/N-ethyl adjacent to an activating group) is 1. The standard InChI is InChI=1S/C13H19NO3/c1-13(2,3)17-9-12(16)14(4)10-6-5-7-11(15)8-10/h5-8,15H,9H2,1-4H3. The molecule has 0 unspecified atom stereocenters. The number of amides is 1. The molecule has 0 aliphatic heterocycles. The fourth-order valence-electron chi connectivity index (χ4n) is 1.22. The predicted octanol–water partition coefficient (Wildman–Crippen LogP) is 2.17. The van der Waals surface area contributed by atoms with Crippen LogP contribution < -0.4 is 4.90 Å². The van der Waals surface area contributed by atoms with Gasteiger partial charge in [-0.05, 0) is 32.9 Å². The Morgan fingerprint density at radius 3 is 2.59 bits per heavy atom. The maximum atomic E-state index is 11.8. The largest absolute Gasteiger partial charge is 0.508 e. The summed E-state index contributed by atoms with van der Waals surface area (Å²) < 4.78 is 5.41. The molecule has 1 amide bonds. The van der Waals surface area contributed by atoms with Gasteiger partial charge in [0.2, 0.25) is 0 Å². The van der Waals surface area contributed by atoms with Gasteiger partial charge in [0.15, 0.2) is 0 Å². The number of nitrogens with zero attached hydrogens (tertiary/aromatic N) is 1. The third-order valence-corrected chi connectivity index (χ3v) is 2.22.